The van der Waals surface area contributed by atoms with Gasteiger partial charge in [-0.05, 0) is 25.9 Å². The SMILES string of the molecule is CCCCCNCP(=O)(O)CNCCCCC. The van der Waals surface area contributed by atoms with Crippen LogP contribution in [0.25, 0.3) is 0 Å². The van der Waals surface area contributed by atoms with Crippen LogP contribution in [0.3, 0.4) is 0 Å². The van der Waals surface area contributed by atoms with Gasteiger partial charge in [-0.3, -0.25) is 4.57 Å². The molecule has 0 aromatic carbocycles. The van der Waals surface area contributed by atoms with Gasteiger partial charge in [0.25, 0.3) is 0 Å². The molecule has 0 spiro atoms. The number of rotatable bonds is 12. The summed E-state index contributed by atoms with van der Waals surface area (Å²) >= 11 is 0. The van der Waals surface area contributed by atoms with E-state index in [-0.39, 0.29) is 12.6 Å². The van der Waals surface area contributed by atoms with Crippen LogP contribution in [0.2, 0.25) is 0 Å². The molecule has 0 aliphatic heterocycles. The van der Waals surface area contributed by atoms with Crippen LogP contribution >= 0.6 is 7.37 Å². The number of nitrogens with one attached hydrogen (secondary N) is 2. The third-order valence-corrected chi connectivity index (χ3v) is 4.07. The zero-order chi connectivity index (χ0) is 13.0. The Bertz CT molecular complexity index is 195. The van der Waals surface area contributed by atoms with Gasteiger partial charge < -0.3 is 15.5 Å². The van der Waals surface area contributed by atoms with E-state index in [1.165, 1.54) is 25.7 Å². The Morgan fingerprint density at radius 3 is 1.65 bits per heavy atom. The zero-order valence-corrected chi connectivity index (χ0v) is 12.3. The average Bonchev–Trinajstić information content (AvgIpc) is 2.28. The Morgan fingerprint density at radius 2 is 1.29 bits per heavy atom. The van der Waals surface area contributed by atoms with Crippen LogP contribution < -0.4 is 10.6 Å². The first-order valence-electron chi connectivity index (χ1n) is 6.84. The smallest absolute Gasteiger partial charge is 0.227 e. The fourth-order valence-electron chi connectivity index (χ4n) is 1.56. The summed E-state index contributed by atoms with van der Waals surface area (Å²) < 4.78 is 11.7. The molecule has 0 unspecified atom stereocenters. The second-order valence-electron chi connectivity index (χ2n) is 4.58. The molecule has 0 amide bonds. The molecular weight excluding hydrogens is 235 g/mol. The monoisotopic (exact) mass is 264 g/mol. The van der Waals surface area contributed by atoms with Gasteiger partial charge in [-0.25, -0.2) is 0 Å². The average molecular weight is 264 g/mol. The molecule has 0 bridgehead atoms. The minimum absolute atomic E-state index is 0.234. The quantitative estimate of drug-likeness (QED) is 0.375. The van der Waals surface area contributed by atoms with Crippen molar-refractivity contribution in [1.82, 2.24) is 10.6 Å². The first-order valence-corrected chi connectivity index (χ1v) is 8.87. The topological polar surface area (TPSA) is 61.4 Å². The highest BCUT2D eigenvalue weighted by molar-refractivity contribution is 7.57. The summed E-state index contributed by atoms with van der Waals surface area (Å²) in [5.74, 6) is 0. The van der Waals surface area contributed by atoms with E-state index < -0.39 is 7.37 Å². The Labute approximate surface area is 106 Å². The van der Waals surface area contributed by atoms with E-state index in [4.69, 9.17) is 0 Å². The van der Waals surface area contributed by atoms with Crippen LogP contribution in [-0.2, 0) is 4.57 Å². The number of unbranched alkanes of at least 4 members (excludes halogenated alkanes) is 4. The van der Waals surface area contributed by atoms with Crippen molar-refractivity contribution in [3.63, 3.8) is 0 Å². The van der Waals surface area contributed by atoms with Crippen LogP contribution in [0.5, 0.6) is 0 Å². The van der Waals surface area contributed by atoms with E-state index in [2.05, 4.69) is 24.5 Å². The van der Waals surface area contributed by atoms with Crippen molar-refractivity contribution in [2.45, 2.75) is 52.4 Å². The Hall–Kier alpha value is 0.110. The van der Waals surface area contributed by atoms with Gasteiger partial charge in [0.15, 0.2) is 0 Å². The highest BCUT2D eigenvalue weighted by atomic mass is 31.2. The lowest BCUT2D eigenvalue weighted by molar-refractivity contribution is 0.463. The molecule has 0 aliphatic carbocycles. The van der Waals surface area contributed by atoms with Gasteiger partial charge >= 0.3 is 0 Å². The summed E-state index contributed by atoms with van der Waals surface area (Å²) in [5.41, 5.74) is 0. The summed E-state index contributed by atoms with van der Waals surface area (Å²) in [4.78, 5) is 9.66. The third kappa shape index (κ3) is 12.4. The standard InChI is InChI=1S/C12H29N2O2P/c1-3-5-7-9-13-11-17(15,16)12-14-10-8-6-4-2/h13-14H,3-12H2,1-2H3,(H,15,16). The molecule has 0 aromatic rings. The van der Waals surface area contributed by atoms with Crippen molar-refractivity contribution in [3.8, 4) is 0 Å². The summed E-state index contributed by atoms with van der Waals surface area (Å²) in [5, 5.41) is 6.12. The summed E-state index contributed by atoms with van der Waals surface area (Å²) in [6, 6.07) is 0. The van der Waals surface area contributed by atoms with Crippen LogP contribution in [0.4, 0.5) is 0 Å². The second-order valence-corrected chi connectivity index (χ2v) is 6.90. The van der Waals surface area contributed by atoms with Crippen molar-refractivity contribution in [1.29, 1.82) is 0 Å². The Balaban J connectivity index is 3.42. The highest BCUT2D eigenvalue weighted by Crippen LogP contribution is 2.36. The summed E-state index contributed by atoms with van der Waals surface area (Å²) in [6.45, 7) is 5.98. The van der Waals surface area contributed by atoms with Crippen LogP contribution in [0.1, 0.15) is 52.4 Å². The maximum Gasteiger partial charge on any atom is 0.227 e. The zero-order valence-electron chi connectivity index (χ0n) is 11.4. The lowest BCUT2D eigenvalue weighted by Gasteiger charge is -2.13. The fourth-order valence-corrected chi connectivity index (χ4v) is 2.69. The molecule has 104 valence electrons. The van der Waals surface area contributed by atoms with Gasteiger partial charge in [-0.2, -0.15) is 0 Å². The maximum absolute atomic E-state index is 11.7. The normalized spacial score (nSPS) is 11.9. The van der Waals surface area contributed by atoms with E-state index in [1.807, 2.05) is 0 Å². The predicted octanol–water partition coefficient (Wildman–Crippen LogP) is 2.73. The highest BCUT2D eigenvalue weighted by Gasteiger charge is 2.16. The molecule has 0 radical (unpaired) electrons. The molecule has 0 aromatic heterocycles. The molecule has 0 saturated carbocycles. The summed E-state index contributed by atoms with van der Waals surface area (Å²) in [7, 11) is -3.01. The molecule has 0 fully saturated rings. The molecule has 17 heavy (non-hydrogen) atoms. The molecular formula is C12H29N2O2P. The molecule has 3 N–H and O–H groups in total. The van der Waals surface area contributed by atoms with E-state index in [9.17, 15) is 9.46 Å². The first-order chi connectivity index (χ1) is 8.12. The molecule has 0 rings (SSSR count). The Morgan fingerprint density at radius 1 is 0.882 bits per heavy atom. The van der Waals surface area contributed by atoms with E-state index in [0.717, 1.165) is 25.9 Å². The number of hydrogen-bond donors (Lipinski definition) is 3. The van der Waals surface area contributed by atoms with Gasteiger partial charge in [0.2, 0.25) is 7.37 Å². The van der Waals surface area contributed by atoms with Gasteiger partial charge in [0.05, 0.1) is 12.6 Å². The van der Waals surface area contributed by atoms with Crippen molar-refractivity contribution in [2.75, 3.05) is 25.7 Å². The molecule has 5 heteroatoms. The largest absolute Gasteiger partial charge is 0.343 e. The van der Waals surface area contributed by atoms with E-state index in [0.29, 0.717) is 0 Å². The maximum atomic E-state index is 11.7. The molecule has 0 aliphatic rings. The third-order valence-electron chi connectivity index (χ3n) is 2.63. The minimum atomic E-state index is -3.01. The van der Waals surface area contributed by atoms with Crippen molar-refractivity contribution in [2.24, 2.45) is 0 Å². The van der Waals surface area contributed by atoms with E-state index >= 15 is 0 Å². The van der Waals surface area contributed by atoms with Gasteiger partial charge in [-0.1, -0.05) is 39.5 Å². The minimum Gasteiger partial charge on any atom is -0.343 e. The van der Waals surface area contributed by atoms with Crippen LogP contribution in [0, 0.1) is 0 Å². The first kappa shape index (κ1) is 17.1. The second kappa shape index (κ2) is 11.2. The van der Waals surface area contributed by atoms with Crippen molar-refractivity contribution in [3.05, 3.63) is 0 Å². The van der Waals surface area contributed by atoms with Gasteiger partial charge in [0.1, 0.15) is 0 Å². The number of hydrogen-bond acceptors (Lipinski definition) is 3. The predicted molar refractivity (Wildman–Crippen MR) is 74.6 cm³/mol. The Kier molecular flexibility index (Phi) is 11.3. The van der Waals surface area contributed by atoms with Crippen LogP contribution in [0.15, 0.2) is 0 Å². The van der Waals surface area contributed by atoms with E-state index in [1.54, 1.807) is 0 Å². The molecule has 0 saturated heterocycles. The van der Waals surface area contributed by atoms with Crippen LogP contribution in [-0.4, -0.2) is 30.6 Å². The van der Waals surface area contributed by atoms with Crippen molar-refractivity contribution >= 4 is 7.37 Å². The molecule has 4 nitrogen and oxygen atoms in total. The lowest BCUT2D eigenvalue weighted by atomic mass is 10.2. The fraction of sp³-hybridized carbons (Fsp3) is 1.00. The summed E-state index contributed by atoms with van der Waals surface area (Å²) in [6.07, 6.45) is 7.35. The van der Waals surface area contributed by atoms with Gasteiger partial charge in [0, 0.05) is 0 Å². The molecule has 0 heterocycles. The lowest BCUT2D eigenvalue weighted by Crippen LogP contribution is -2.23. The van der Waals surface area contributed by atoms with Crippen molar-refractivity contribution < 1.29 is 9.46 Å². The van der Waals surface area contributed by atoms with Gasteiger partial charge in [-0.15, -0.1) is 0 Å². The molecule has 0 atom stereocenters.